The smallest absolute Gasteiger partial charge is 0.253 e. The molecule has 3 aromatic carbocycles. The van der Waals surface area contributed by atoms with Gasteiger partial charge in [-0.25, -0.2) is 0 Å². The summed E-state index contributed by atoms with van der Waals surface area (Å²) < 4.78 is 0. The van der Waals surface area contributed by atoms with Gasteiger partial charge in [0, 0.05) is 30.3 Å². The fourth-order valence-corrected chi connectivity index (χ4v) is 3.82. The van der Waals surface area contributed by atoms with Crippen LogP contribution in [0, 0.1) is 6.92 Å². The number of nitrogens with zero attached hydrogens (tertiary/aromatic N) is 1. The third-order valence-electron chi connectivity index (χ3n) is 5.67. The van der Waals surface area contributed by atoms with Gasteiger partial charge in [-0.15, -0.1) is 0 Å². The minimum Gasteiger partial charge on any atom is -0.349 e. The van der Waals surface area contributed by atoms with Gasteiger partial charge in [-0.2, -0.15) is 0 Å². The van der Waals surface area contributed by atoms with E-state index in [1.54, 1.807) is 0 Å². The summed E-state index contributed by atoms with van der Waals surface area (Å²) in [6, 6.07) is 25.6. The summed E-state index contributed by atoms with van der Waals surface area (Å²) in [4.78, 5) is 27.2. The molecule has 0 radical (unpaired) electrons. The molecule has 30 heavy (non-hydrogen) atoms. The van der Waals surface area contributed by atoms with Crippen LogP contribution in [0.5, 0.6) is 0 Å². The van der Waals surface area contributed by atoms with Gasteiger partial charge < -0.3 is 10.2 Å². The summed E-state index contributed by atoms with van der Waals surface area (Å²) in [6.45, 7) is 3.31. The Balaban J connectivity index is 1.32. The zero-order valence-electron chi connectivity index (χ0n) is 17.2. The summed E-state index contributed by atoms with van der Waals surface area (Å²) in [7, 11) is 0. The van der Waals surface area contributed by atoms with E-state index in [2.05, 4.69) is 17.4 Å². The Morgan fingerprint density at radius 1 is 0.767 bits per heavy atom. The summed E-state index contributed by atoms with van der Waals surface area (Å²) in [5, 5.41) is 3.10. The highest BCUT2D eigenvalue weighted by atomic mass is 16.2. The van der Waals surface area contributed by atoms with Gasteiger partial charge in [0.05, 0.1) is 0 Å². The fraction of sp³-hybridized carbons (Fsp3) is 0.231. The quantitative estimate of drug-likeness (QED) is 0.693. The van der Waals surface area contributed by atoms with Crippen molar-refractivity contribution >= 4 is 11.8 Å². The van der Waals surface area contributed by atoms with Gasteiger partial charge in [0.15, 0.2) is 0 Å². The lowest BCUT2D eigenvalue weighted by Crippen LogP contribution is -2.46. The van der Waals surface area contributed by atoms with E-state index in [-0.39, 0.29) is 17.9 Å². The molecular formula is C26H26N2O2. The van der Waals surface area contributed by atoms with E-state index >= 15 is 0 Å². The van der Waals surface area contributed by atoms with Gasteiger partial charge >= 0.3 is 0 Å². The van der Waals surface area contributed by atoms with E-state index in [0.29, 0.717) is 24.2 Å². The van der Waals surface area contributed by atoms with Crippen LogP contribution in [0.3, 0.4) is 0 Å². The molecule has 4 heteroatoms. The Kier molecular flexibility index (Phi) is 5.94. The molecule has 1 N–H and O–H groups in total. The van der Waals surface area contributed by atoms with Crippen LogP contribution in [0.15, 0.2) is 78.9 Å². The zero-order valence-corrected chi connectivity index (χ0v) is 17.2. The number of hydrogen-bond donors (Lipinski definition) is 1. The number of amides is 2. The SMILES string of the molecule is Cc1ccc(C(=O)NC2CCN(C(=O)c3ccc(-c4ccccc4)cc3)CC2)cc1. The Labute approximate surface area is 177 Å². The van der Waals surface area contributed by atoms with E-state index in [4.69, 9.17) is 0 Å². The van der Waals surface area contributed by atoms with Crippen LogP contribution in [0.25, 0.3) is 11.1 Å². The van der Waals surface area contributed by atoms with Gasteiger partial charge in [-0.3, -0.25) is 9.59 Å². The van der Waals surface area contributed by atoms with Crippen molar-refractivity contribution in [2.45, 2.75) is 25.8 Å². The second kappa shape index (κ2) is 8.95. The van der Waals surface area contributed by atoms with Crippen molar-refractivity contribution in [1.29, 1.82) is 0 Å². The van der Waals surface area contributed by atoms with Crippen LogP contribution in [0.1, 0.15) is 39.1 Å². The van der Waals surface area contributed by atoms with Crippen molar-refractivity contribution in [2.24, 2.45) is 0 Å². The molecule has 1 saturated heterocycles. The first kappa shape index (κ1) is 19.9. The molecule has 0 aromatic heterocycles. The van der Waals surface area contributed by atoms with Crippen molar-refractivity contribution in [3.63, 3.8) is 0 Å². The molecule has 2 amide bonds. The summed E-state index contributed by atoms with van der Waals surface area (Å²) in [5.41, 5.74) is 4.76. The van der Waals surface area contributed by atoms with E-state index in [1.807, 2.05) is 78.6 Å². The second-order valence-electron chi connectivity index (χ2n) is 7.85. The van der Waals surface area contributed by atoms with Crippen LogP contribution in [-0.4, -0.2) is 35.8 Å². The molecule has 1 aliphatic rings. The van der Waals surface area contributed by atoms with Gasteiger partial charge in [-0.1, -0.05) is 60.2 Å². The number of rotatable bonds is 4. The molecule has 0 spiro atoms. The highest BCUT2D eigenvalue weighted by Crippen LogP contribution is 2.21. The number of likely N-dealkylation sites (tertiary alicyclic amines) is 1. The topological polar surface area (TPSA) is 49.4 Å². The van der Waals surface area contributed by atoms with E-state index in [9.17, 15) is 9.59 Å². The van der Waals surface area contributed by atoms with Gasteiger partial charge in [-0.05, 0) is 55.2 Å². The molecule has 1 heterocycles. The first-order chi connectivity index (χ1) is 14.6. The van der Waals surface area contributed by atoms with E-state index in [1.165, 1.54) is 0 Å². The molecule has 0 unspecified atom stereocenters. The molecule has 4 nitrogen and oxygen atoms in total. The van der Waals surface area contributed by atoms with Crippen LogP contribution in [0.2, 0.25) is 0 Å². The molecular weight excluding hydrogens is 372 g/mol. The van der Waals surface area contributed by atoms with Crippen molar-refractivity contribution in [3.05, 3.63) is 95.6 Å². The third kappa shape index (κ3) is 4.60. The predicted octanol–water partition coefficient (Wildman–Crippen LogP) is 4.70. The lowest BCUT2D eigenvalue weighted by Gasteiger charge is -2.32. The number of hydrogen-bond acceptors (Lipinski definition) is 2. The minimum atomic E-state index is -0.0451. The molecule has 0 bridgehead atoms. The second-order valence-corrected chi connectivity index (χ2v) is 7.85. The average Bonchev–Trinajstić information content (AvgIpc) is 2.80. The maximum atomic E-state index is 12.9. The molecule has 0 aliphatic carbocycles. The first-order valence-electron chi connectivity index (χ1n) is 10.4. The van der Waals surface area contributed by atoms with Crippen LogP contribution in [-0.2, 0) is 0 Å². The predicted molar refractivity (Wildman–Crippen MR) is 119 cm³/mol. The lowest BCUT2D eigenvalue weighted by atomic mass is 10.0. The molecule has 0 saturated carbocycles. The van der Waals surface area contributed by atoms with Crippen LogP contribution in [0.4, 0.5) is 0 Å². The van der Waals surface area contributed by atoms with Crippen molar-refractivity contribution in [2.75, 3.05) is 13.1 Å². The maximum Gasteiger partial charge on any atom is 0.253 e. The monoisotopic (exact) mass is 398 g/mol. The number of carbonyl (C=O) groups excluding carboxylic acids is 2. The summed E-state index contributed by atoms with van der Waals surface area (Å²) in [6.07, 6.45) is 1.54. The highest BCUT2D eigenvalue weighted by Gasteiger charge is 2.24. The Hall–Kier alpha value is -3.40. The van der Waals surface area contributed by atoms with Crippen LogP contribution >= 0.6 is 0 Å². The van der Waals surface area contributed by atoms with Crippen molar-refractivity contribution in [1.82, 2.24) is 10.2 Å². The lowest BCUT2D eigenvalue weighted by molar-refractivity contribution is 0.0698. The maximum absolute atomic E-state index is 12.9. The zero-order chi connectivity index (χ0) is 20.9. The third-order valence-corrected chi connectivity index (χ3v) is 5.67. The average molecular weight is 399 g/mol. The first-order valence-corrected chi connectivity index (χ1v) is 10.4. The Morgan fingerprint density at radius 2 is 1.33 bits per heavy atom. The minimum absolute atomic E-state index is 0.0451. The van der Waals surface area contributed by atoms with E-state index < -0.39 is 0 Å². The molecule has 1 aliphatic heterocycles. The van der Waals surface area contributed by atoms with Crippen LogP contribution < -0.4 is 5.32 Å². The van der Waals surface area contributed by atoms with Gasteiger partial charge in [0.25, 0.3) is 11.8 Å². The highest BCUT2D eigenvalue weighted by molar-refractivity contribution is 5.95. The van der Waals surface area contributed by atoms with Crippen molar-refractivity contribution < 1.29 is 9.59 Å². The van der Waals surface area contributed by atoms with Gasteiger partial charge in [0.1, 0.15) is 0 Å². The largest absolute Gasteiger partial charge is 0.349 e. The molecule has 3 aromatic rings. The van der Waals surface area contributed by atoms with Crippen molar-refractivity contribution in [3.8, 4) is 11.1 Å². The summed E-state index contributed by atoms with van der Waals surface area (Å²) >= 11 is 0. The summed E-state index contributed by atoms with van der Waals surface area (Å²) in [5.74, 6) is 0.00852. The van der Waals surface area contributed by atoms with E-state index in [0.717, 1.165) is 29.5 Å². The number of carbonyl (C=O) groups is 2. The normalized spacial score (nSPS) is 14.4. The molecule has 1 fully saturated rings. The number of nitrogens with one attached hydrogen (secondary N) is 1. The molecule has 0 atom stereocenters. The number of piperidine rings is 1. The fourth-order valence-electron chi connectivity index (χ4n) is 3.82. The Bertz CT molecular complexity index is 1000. The molecule has 152 valence electrons. The van der Waals surface area contributed by atoms with Gasteiger partial charge in [0.2, 0.25) is 0 Å². The Morgan fingerprint density at radius 3 is 1.97 bits per heavy atom. The standard InChI is InChI=1S/C26H26N2O2/c1-19-7-9-22(10-8-19)25(29)27-24-15-17-28(18-16-24)26(30)23-13-11-21(12-14-23)20-5-3-2-4-6-20/h2-14,24H,15-18H2,1H3,(H,27,29). The number of benzene rings is 3. The number of aryl methyl sites for hydroxylation is 1. The molecule has 4 rings (SSSR count).